The molecule has 5 aliphatic rings. The number of hydrogen-bond acceptors (Lipinski definition) is 6. The number of allylic oxidation sites excluding steroid dienone is 1. The predicted molar refractivity (Wildman–Crippen MR) is 187 cm³/mol. The molecule has 0 radical (unpaired) electrons. The summed E-state index contributed by atoms with van der Waals surface area (Å²) < 4.78 is 95.7. The summed E-state index contributed by atoms with van der Waals surface area (Å²) in [6.45, 7) is 6.88. The predicted octanol–water partition coefficient (Wildman–Crippen LogP) is 7.89. The average Bonchev–Trinajstić information content (AvgIpc) is 3.44. The molecule has 0 aromatic heterocycles. The number of nitrogens with zero attached hydrogens (tertiary/aromatic N) is 5. The summed E-state index contributed by atoms with van der Waals surface area (Å²) in [5.74, 6) is -3.77. The Bertz CT molecular complexity index is 1970. The van der Waals surface area contributed by atoms with Crippen LogP contribution in [0.25, 0.3) is 0 Å². The molecule has 8 nitrogen and oxygen atoms in total. The monoisotopic (exact) mass is 799 g/mol. The Hall–Kier alpha value is -3.79. The Kier molecular flexibility index (Phi) is 9.38. The van der Waals surface area contributed by atoms with Crippen molar-refractivity contribution < 1.29 is 45.1 Å². The van der Waals surface area contributed by atoms with Gasteiger partial charge in [0.05, 0.1) is 22.2 Å². The van der Waals surface area contributed by atoms with Gasteiger partial charge >= 0.3 is 18.3 Å². The number of likely N-dealkylation sites (tertiary alicyclic amines) is 1. The summed E-state index contributed by atoms with van der Waals surface area (Å²) in [5.41, 5.74) is -1.76. The van der Waals surface area contributed by atoms with Crippen LogP contribution in [0.1, 0.15) is 76.1 Å². The van der Waals surface area contributed by atoms with E-state index < -0.39 is 64.6 Å². The van der Waals surface area contributed by atoms with E-state index in [2.05, 4.69) is 0 Å². The number of piperazine rings is 1. The van der Waals surface area contributed by atoms with Crippen molar-refractivity contribution in [3.8, 4) is 0 Å². The molecule has 290 valence electrons. The number of thioether (sulfide) groups is 1. The van der Waals surface area contributed by atoms with E-state index >= 15 is 4.39 Å². The summed E-state index contributed by atoms with van der Waals surface area (Å²) in [5, 5.41) is 0.251. The second-order valence-electron chi connectivity index (χ2n) is 15.1. The van der Waals surface area contributed by atoms with Crippen molar-refractivity contribution in [3.05, 3.63) is 80.6 Å². The topological polar surface area (TPSA) is 76.5 Å². The summed E-state index contributed by atoms with van der Waals surface area (Å²) in [6, 6.07) is 6.80. The fraction of sp³-hybridized carbons (Fsp3) is 0.514. The SMILES string of the molecule is CC(C)C1=C(C(=O)N2[C@H](C)CC[C@H]2C(=O)N2CCN(C(=O)C(F)(F)F)C3(CC3)C2)SC2=N[C@@](C)(c3ccc(C(F)(F)F)cc3)C(c3ccc(Cl)c(F)c3)N21. The second kappa shape index (κ2) is 13.2. The van der Waals surface area contributed by atoms with Gasteiger partial charge in [-0.3, -0.25) is 14.4 Å². The molecule has 1 unspecified atom stereocenters. The summed E-state index contributed by atoms with van der Waals surface area (Å²) in [6.07, 6.45) is -8.08. The Morgan fingerprint density at radius 2 is 1.65 bits per heavy atom. The molecule has 2 aromatic rings. The first-order chi connectivity index (χ1) is 25.2. The van der Waals surface area contributed by atoms with Crippen molar-refractivity contribution in [3.63, 3.8) is 0 Å². The van der Waals surface area contributed by atoms with Gasteiger partial charge in [0.15, 0.2) is 5.17 Å². The van der Waals surface area contributed by atoms with E-state index in [-0.39, 0.29) is 36.6 Å². The van der Waals surface area contributed by atoms with Crippen LogP contribution in [0.3, 0.4) is 0 Å². The number of amides is 3. The second-order valence-corrected chi connectivity index (χ2v) is 16.5. The van der Waals surface area contributed by atoms with E-state index in [1.165, 1.54) is 34.1 Å². The Balaban J connectivity index is 1.22. The van der Waals surface area contributed by atoms with E-state index in [1.54, 1.807) is 13.0 Å². The van der Waals surface area contributed by atoms with E-state index in [1.807, 2.05) is 25.7 Å². The summed E-state index contributed by atoms with van der Waals surface area (Å²) in [7, 11) is 0. The van der Waals surface area contributed by atoms with Gasteiger partial charge in [0.2, 0.25) is 5.91 Å². The first-order valence-electron chi connectivity index (χ1n) is 17.6. The molecule has 0 bridgehead atoms. The van der Waals surface area contributed by atoms with Crippen LogP contribution in [0.5, 0.6) is 0 Å². The highest BCUT2D eigenvalue weighted by molar-refractivity contribution is 8.18. The maximum absolute atomic E-state index is 15.1. The van der Waals surface area contributed by atoms with Gasteiger partial charge < -0.3 is 19.6 Å². The molecule has 1 saturated carbocycles. The molecule has 4 aliphatic heterocycles. The number of halogens is 8. The molecule has 54 heavy (non-hydrogen) atoms. The number of benzene rings is 2. The van der Waals surface area contributed by atoms with Crippen LogP contribution < -0.4 is 0 Å². The van der Waals surface area contributed by atoms with E-state index in [0.717, 1.165) is 28.8 Å². The standard InChI is InChI=1S/C37H37ClF7N5O3S/c1-19(2)27-28(31(52)49-20(3)5-12-26(49)30(51)47-15-16-48(32(53)37(43,44)45)35(18-47)13-14-35)54-33-46-34(4,22-7-9-23(10-8-22)36(40,41)42)29(50(27)33)21-6-11-24(38)25(39)17-21/h6-11,17,19-20,26,29H,5,12-16,18H2,1-4H3/t20-,26+,29?,34+/m1/s1. The van der Waals surface area contributed by atoms with Crippen molar-refractivity contribution in [1.29, 1.82) is 0 Å². The number of alkyl halides is 6. The lowest BCUT2D eigenvalue weighted by molar-refractivity contribution is -0.191. The van der Waals surface area contributed by atoms with Crippen LogP contribution >= 0.6 is 23.4 Å². The number of carbonyl (C=O) groups is 3. The molecule has 2 aromatic carbocycles. The Morgan fingerprint density at radius 1 is 0.981 bits per heavy atom. The highest BCUT2D eigenvalue weighted by Gasteiger charge is 2.60. The largest absolute Gasteiger partial charge is 0.471 e. The smallest absolute Gasteiger partial charge is 0.337 e. The maximum Gasteiger partial charge on any atom is 0.471 e. The van der Waals surface area contributed by atoms with Crippen molar-refractivity contribution >= 4 is 46.3 Å². The van der Waals surface area contributed by atoms with Crippen LogP contribution in [0, 0.1) is 11.7 Å². The molecule has 1 spiro atoms. The summed E-state index contributed by atoms with van der Waals surface area (Å²) >= 11 is 7.13. The fourth-order valence-corrected chi connectivity index (χ4v) is 9.88. The third kappa shape index (κ3) is 6.34. The number of rotatable bonds is 5. The average molecular weight is 800 g/mol. The van der Waals surface area contributed by atoms with Crippen LogP contribution in [0.4, 0.5) is 30.7 Å². The lowest BCUT2D eigenvalue weighted by Gasteiger charge is -2.43. The van der Waals surface area contributed by atoms with Crippen molar-refractivity contribution in [1.82, 2.24) is 19.6 Å². The highest BCUT2D eigenvalue weighted by atomic mass is 35.5. The number of aliphatic imine (C=N–C) groups is 1. The van der Waals surface area contributed by atoms with Crippen molar-refractivity contribution in [2.75, 3.05) is 19.6 Å². The molecule has 2 saturated heterocycles. The number of amidine groups is 1. The quantitative estimate of drug-likeness (QED) is 0.288. The number of fused-ring (bicyclic) bond motifs is 1. The molecule has 4 atom stereocenters. The van der Waals surface area contributed by atoms with Gasteiger partial charge in [-0.2, -0.15) is 26.3 Å². The number of carbonyl (C=O) groups excluding carboxylic acids is 3. The van der Waals surface area contributed by atoms with E-state index in [4.69, 9.17) is 16.6 Å². The van der Waals surface area contributed by atoms with Gasteiger partial charge in [-0.25, -0.2) is 9.38 Å². The Labute approximate surface area is 316 Å². The van der Waals surface area contributed by atoms with Crippen LogP contribution in [0.2, 0.25) is 5.02 Å². The van der Waals surface area contributed by atoms with Crippen molar-refractivity contribution in [2.24, 2.45) is 10.9 Å². The van der Waals surface area contributed by atoms with Gasteiger partial charge in [-0.1, -0.05) is 43.6 Å². The maximum atomic E-state index is 15.1. The highest BCUT2D eigenvalue weighted by Crippen LogP contribution is 2.57. The number of hydrogen-bond donors (Lipinski definition) is 0. The first kappa shape index (κ1) is 38.5. The minimum Gasteiger partial charge on any atom is -0.337 e. The molecule has 4 heterocycles. The van der Waals surface area contributed by atoms with Gasteiger partial charge in [0, 0.05) is 31.4 Å². The van der Waals surface area contributed by atoms with Gasteiger partial charge in [-0.15, -0.1) is 0 Å². The first-order valence-corrected chi connectivity index (χ1v) is 18.8. The van der Waals surface area contributed by atoms with Crippen LogP contribution in [-0.4, -0.2) is 85.9 Å². The molecule has 17 heteroatoms. The van der Waals surface area contributed by atoms with Gasteiger partial charge in [-0.05, 0) is 92.6 Å². The zero-order valence-electron chi connectivity index (χ0n) is 29.7. The lowest BCUT2D eigenvalue weighted by Crippen LogP contribution is -2.62. The molecule has 1 aliphatic carbocycles. The van der Waals surface area contributed by atoms with E-state index in [9.17, 15) is 40.7 Å². The van der Waals surface area contributed by atoms with Crippen LogP contribution in [-0.2, 0) is 26.1 Å². The fourth-order valence-electron chi connectivity index (χ4n) is 8.42. The molecular formula is C37H37ClF7N5O3S. The van der Waals surface area contributed by atoms with Gasteiger partial charge in [0.25, 0.3) is 5.91 Å². The zero-order valence-corrected chi connectivity index (χ0v) is 31.3. The normalized spacial score (nSPS) is 26.6. The third-order valence-electron chi connectivity index (χ3n) is 11.3. The molecule has 0 N–H and O–H groups in total. The minimum absolute atomic E-state index is 0.0539. The minimum atomic E-state index is -5.03. The molecule has 3 amide bonds. The molecule has 7 rings (SSSR count). The van der Waals surface area contributed by atoms with Crippen molar-refractivity contribution in [2.45, 2.75) is 94.9 Å². The molecule has 3 fully saturated rings. The lowest BCUT2D eigenvalue weighted by atomic mass is 9.80. The Morgan fingerprint density at radius 3 is 2.22 bits per heavy atom. The zero-order chi connectivity index (χ0) is 39.3. The third-order valence-corrected chi connectivity index (χ3v) is 12.6. The van der Waals surface area contributed by atoms with Gasteiger partial charge in [0.1, 0.15) is 22.3 Å². The molecular weight excluding hydrogens is 763 g/mol. The van der Waals surface area contributed by atoms with Crippen LogP contribution in [0.15, 0.2) is 58.1 Å². The van der Waals surface area contributed by atoms with E-state index in [0.29, 0.717) is 52.6 Å². The summed E-state index contributed by atoms with van der Waals surface area (Å²) in [4.78, 5) is 52.0.